The topological polar surface area (TPSA) is 90.2 Å². The second-order valence-corrected chi connectivity index (χ2v) is 9.20. The summed E-state index contributed by atoms with van der Waals surface area (Å²) in [6.07, 6.45) is -0.0253. The quantitative estimate of drug-likeness (QED) is 0.760. The van der Waals surface area contributed by atoms with E-state index in [1.807, 2.05) is 6.07 Å². The molecule has 0 spiro atoms. The lowest BCUT2D eigenvalue weighted by atomic mass is 9.88. The molecule has 0 fully saturated rings. The first-order valence-corrected chi connectivity index (χ1v) is 10.1. The molecule has 0 saturated carbocycles. The molecule has 27 heavy (non-hydrogen) atoms. The van der Waals surface area contributed by atoms with Crippen molar-refractivity contribution in [3.63, 3.8) is 0 Å². The van der Waals surface area contributed by atoms with Crippen molar-refractivity contribution in [2.75, 3.05) is 6.54 Å². The van der Waals surface area contributed by atoms with Crippen LogP contribution < -0.4 is 4.72 Å². The molecule has 0 aliphatic heterocycles. The molecule has 144 valence electrons. The van der Waals surface area contributed by atoms with Gasteiger partial charge in [-0.25, -0.2) is 17.5 Å². The third-order valence-corrected chi connectivity index (χ3v) is 6.17. The van der Waals surface area contributed by atoms with Crippen molar-refractivity contribution < 1.29 is 17.9 Å². The summed E-state index contributed by atoms with van der Waals surface area (Å²) in [6, 6.07) is 13.4. The summed E-state index contributed by atoms with van der Waals surface area (Å²) in [5.41, 5.74) is 0.407. The Kier molecular flexibility index (Phi) is 6.37. The van der Waals surface area contributed by atoms with Gasteiger partial charge in [-0.3, -0.25) is 0 Å². The van der Waals surface area contributed by atoms with E-state index >= 15 is 0 Å². The van der Waals surface area contributed by atoms with Crippen molar-refractivity contribution in [2.45, 2.75) is 38.0 Å². The highest BCUT2D eigenvalue weighted by Gasteiger charge is 2.29. The van der Waals surface area contributed by atoms with Crippen LogP contribution in [0.25, 0.3) is 11.1 Å². The molecule has 0 aliphatic rings. The molecule has 0 saturated heterocycles. The van der Waals surface area contributed by atoms with Crippen LogP contribution in [0.4, 0.5) is 4.39 Å². The second kappa shape index (κ2) is 8.17. The average molecular weight is 390 g/mol. The van der Waals surface area contributed by atoms with Gasteiger partial charge in [-0.1, -0.05) is 36.4 Å². The van der Waals surface area contributed by atoms with Crippen LogP contribution in [-0.4, -0.2) is 25.3 Å². The summed E-state index contributed by atoms with van der Waals surface area (Å²) in [5.74, 6) is -0.496. The minimum absolute atomic E-state index is 0.0253. The highest BCUT2D eigenvalue weighted by Crippen LogP contribution is 2.32. The molecule has 1 atom stereocenters. The van der Waals surface area contributed by atoms with Gasteiger partial charge >= 0.3 is 0 Å². The normalized spacial score (nSPS) is 14.0. The van der Waals surface area contributed by atoms with Crippen molar-refractivity contribution in [3.8, 4) is 17.2 Å². The van der Waals surface area contributed by atoms with E-state index in [4.69, 9.17) is 5.26 Å². The minimum Gasteiger partial charge on any atom is -0.384 e. The Labute approximate surface area is 159 Å². The number of aliphatic hydroxyl groups is 1. The molecule has 2 N–H and O–H groups in total. The van der Waals surface area contributed by atoms with E-state index in [9.17, 15) is 17.9 Å². The zero-order valence-electron chi connectivity index (χ0n) is 15.5. The maximum absolute atomic E-state index is 14.2. The molecular formula is C20H23FN2O3S. The van der Waals surface area contributed by atoms with Gasteiger partial charge in [0.05, 0.1) is 17.7 Å². The molecule has 5 nitrogen and oxygen atoms in total. The van der Waals surface area contributed by atoms with E-state index < -0.39 is 26.7 Å². The van der Waals surface area contributed by atoms with Crippen LogP contribution in [0.1, 0.15) is 31.9 Å². The number of benzene rings is 2. The molecule has 2 aromatic carbocycles. The van der Waals surface area contributed by atoms with Gasteiger partial charge in [0.25, 0.3) is 0 Å². The Hall–Kier alpha value is -2.27. The summed E-state index contributed by atoms with van der Waals surface area (Å²) in [7, 11) is -3.54. The molecule has 0 aromatic heterocycles. The standard InChI is InChI=1S/C20H23FN2O3S/c1-14(2)27(25,26)23-13-20(3,24)18-7-5-4-6-17(18)16-9-8-15(10-11-22)19(21)12-16/h4-9,12,14,23-24H,10,13H2,1-3H3. The Morgan fingerprint density at radius 3 is 2.52 bits per heavy atom. The van der Waals surface area contributed by atoms with E-state index in [2.05, 4.69) is 4.72 Å². The maximum Gasteiger partial charge on any atom is 0.214 e. The number of nitrogens with one attached hydrogen (secondary N) is 1. The first-order chi connectivity index (χ1) is 12.6. The number of hydrogen-bond acceptors (Lipinski definition) is 4. The number of rotatable bonds is 7. The molecule has 0 radical (unpaired) electrons. The Morgan fingerprint density at radius 2 is 1.93 bits per heavy atom. The lowest BCUT2D eigenvalue weighted by molar-refractivity contribution is 0.0633. The van der Waals surface area contributed by atoms with Gasteiger partial charge in [0.15, 0.2) is 0 Å². The number of halogens is 1. The van der Waals surface area contributed by atoms with Crippen LogP contribution in [0, 0.1) is 17.1 Å². The molecule has 7 heteroatoms. The lowest BCUT2D eigenvalue weighted by Crippen LogP contribution is -2.41. The monoisotopic (exact) mass is 390 g/mol. The molecule has 0 heterocycles. The number of hydrogen-bond donors (Lipinski definition) is 2. The summed E-state index contributed by atoms with van der Waals surface area (Å²) < 4.78 is 40.7. The summed E-state index contributed by atoms with van der Waals surface area (Å²) in [6.45, 7) is 4.40. The fourth-order valence-electron chi connectivity index (χ4n) is 2.65. The van der Waals surface area contributed by atoms with Crippen LogP contribution >= 0.6 is 0 Å². The lowest BCUT2D eigenvalue weighted by Gasteiger charge is -2.27. The van der Waals surface area contributed by atoms with Crippen molar-refractivity contribution >= 4 is 10.0 Å². The number of sulfonamides is 1. The average Bonchev–Trinajstić information content (AvgIpc) is 2.62. The van der Waals surface area contributed by atoms with Gasteiger partial charge in [0.2, 0.25) is 10.0 Å². The fraction of sp³-hybridized carbons (Fsp3) is 0.350. The van der Waals surface area contributed by atoms with Gasteiger partial charge < -0.3 is 5.11 Å². The van der Waals surface area contributed by atoms with Gasteiger partial charge in [-0.05, 0) is 43.5 Å². The van der Waals surface area contributed by atoms with E-state index in [0.717, 1.165) is 0 Å². The first kappa shape index (κ1) is 21.0. The maximum atomic E-state index is 14.2. The minimum atomic E-state index is -3.54. The van der Waals surface area contributed by atoms with E-state index in [0.29, 0.717) is 22.3 Å². The number of nitrogens with zero attached hydrogens (tertiary/aromatic N) is 1. The predicted octanol–water partition coefficient (Wildman–Crippen LogP) is 3.09. The summed E-state index contributed by atoms with van der Waals surface area (Å²) in [4.78, 5) is 0. The second-order valence-electron chi connectivity index (χ2n) is 6.88. The molecule has 0 amide bonds. The Morgan fingerprint density at radius 1 is 1.26 bits per heavy atom. The summed E-state index contributed by atoms with van der Waals surface area (Å²) >= 11 is 0. The van der Waals surface area contributed by atoms with Crippen LogP contribution in [-0.2, 0) is 22.0 Å². The largest absolute Gasteiger partial charge is 0.384 e. The first-order valence-electron chi connectivity index (χ1n) is 8.54. The van der Waals surface area contributed by atoms with E-state index in [1.54, 1.807) is 50.2 Å². The summed E-state index contributed by atoms with van der Waals surface area (Å²) in [5, 5.41) is 19.0. The fourth-order valence-corrected chi connectivity index (χ4v) is 3.47. The predicted molar refractivity (Wildman–Crippen MR) is 103 cm³/mol. The smallest absolute Gasteiger partial charge is 0.214 e. The Balaban J connectivity index is 2.40. The van der Waals surface area contributed by atoms with Gasteiger partial charge in [-0.15, -0.1) is 0 Å². The van der Waals surface area contributed by atoms with Gasteiger partial charge in [0.1, 0.15) is 11.4 Å². The highest BCUT2D eigenvalue weighted by molar-refractivity contribution is 7.90. The van der Waals surface area contributed by atoms with Crippen LogP contribution in [0.15, 0.2) is 42.5 Å². The van der Waals surface area contributed by atoms with E-state index in [1.165, 1.54) is 13.0 Å². The third kappa shape index (κ3) is 4.92. The zero-order valence-corrected chi connectivity index (χ0v) is 16.3. The molecule has 2 rings (SSSR count). The van der Waals surface area contributed by atoms with Crippen LogP contribution in [0.2, 0.25) is 0 Å². The zero-order chi connectivity index (χ0) is 20.2. The van der Waals surface area contributed by atoms with Crippen molar-refractivity contribution in [1.82, 2.24) is 4.72 Å². The van der Waals surface area contributed by atoms with Crippen molar-refractivity contribution in [2.24, 2.45) is 0 Å². The molecular weight excluding hydrogens is 367 g/mol. The Bertz CT molecular complexity index is 963. The van der Waals surface area contributed by atoms with Crippen LogP contribution in [0.3, 0.4) is 0 Å². The molecule has 0 bridgehead atoms. The van der Waals surface area contributed by atoms with Crippen LogP contribution in [0.5, 0.6) is 0 Å². The SMILES string of the molecule is CC(C)S(=O)(=O)NCC(C)(O)c1ccccc1-c1ccc(CC#N)c(F)c1. The van der Waals surface area contributed by atoms with Gasteiger partial charge in [0, 0.05) is 12.1 Å². The van der Waals surface area contributed by atoms with Gasteiger partial charge in [-0.2, -0.15) is 5.26 Å². The molecule has 1 unspecified atom stereocenters. The number of nitriles is 1. The molecule has 2 aromatic rings. The third-order valence-electron chi connectivity index (χ3n) is 4.38. The van der Waals surface area contributed by atoms with Crippen molar-refractivity contribution in [3.05, 3.63) is 59.4 Å². The van der Waals surface area contributed by atoms with E-state index in [-0.39, 0.29) is 13.0 Å². The highest BCUT2D eigenvalue weighted by atomic mass is 32.2. The van der Waals surface area contributed by atoms with Crippen molar-refractivity contribution in [1.29, 1.82) is 5.26 Å². The molecule has 0 aliphatic carbocycles.